The maximum atomic E-state index is 5.93. The van der Waals surface area contributed by atoms with Crippen LogP contribution in [0.2, 0.25) is 5.02 Å². The second-order valence-corrected chi connectivity index (χ2v) is 4.52. The molecular weight excluding hydrogens is 379 g/mol. The SMILES string of the molecule is CN(C)C(=NCCOc1ncccc1Cl)N(C)C.I. The van der Waals surface area contributed by atoms with Gasteiger partial charge in [-0.15, -0.1) is 24.0 Å². The highest BCUT2D eigenvalue weighted by Gasteiger charge is 2.04. The Kier molecular flexibility index (Phi) is 8.82. The van der Waals surface area contributed by atoms with Crippen LogP contribution in [0.15, 0.2) is 23.3 Å². The van der Waals surface area contributed by atoms with E-state index in [1.54, 1.807) is 18.3 Å². The molecule has 0 N–H and O–H groups in total. The van der Waals surface area contributed by atoms with Crippen molar-refractivity contribution in [1.29, 1.82) is 0 Å². The predicted molar refractivity (Wildman–Crippen MR) is 89.8 cm³/mol. The fourth-order valence-corrected chi connectivity index (χ4v) is 1.62. The van der Waals surface area contributed by atoms with E-state index in [1.807, 2.05) is 38.0 Å². The first-order valence-electron chi connectivity index (χ1n) is 5.64. The molecule has 1 aromatic rings. The number of halogens is 2. The van der Waals surface area contributed by atoms with Gasteiger partial charge in [-0.25, -0.2) is 9.98 Å². The lowest BCUT2D eigenvalue weighted by atomic mass is 10.5. The van der Waals surface area contributed by atoms with Crippen molar-refractivity contribution < 1.29 is 4.74 Å². The van der Waals surface area contributed by atoms with E-state index in [0.29, 0.717) is 24.1 Å². The minimum absolute atomic E-state index is 0. The Hall–Kier alpha value is -0.760. The van der Waals surface area contributed by atoms with Crippen molar-refractivity contribution in [1.82, 2.24) is 14.8 Å². The topological polar surface area (TPSA) is 41.0 Å². The molecule has 0 bridgehead atoms. The van der Waals surface area contributed by atoms with Crippen LogP contribution in [0.5, 0.6) is 5.88 Å². The third kappa shape index (κ3) is 6.29. The average molecular weight is 399 g/mol. The van der Waals surface area contributed by atoms with Crippen LogP contribution in [0.4, 0.5) is 0 Å². The number of aromatic nitrogens is 1. The van der Waals surface area contributed by atoms with Crippen molar-refractivity contribution in [2.75, 3.05) is 41.3 Å². The first kappa shape index (κ1) is 18.2. The van der Waals surface area contributed by atoms with Crippen molar-refractivity contribution in [3.8, 4) is 5.88 Å². The van der Waals surface area contributed by atoms with Crippen molar-refractivity contribution in [3.05, 3.63) is 23.4 Å². The van der Waals surface area contributed by atoms with Gasteiger partial charge in [0.1, 0.15) is 11.6 Å². The molecule has 0 aliphatic heterocycles. The molecule has 5 nitrogen and oxygen atoms in total. The maximum absolute atomic E-state index is 5.93. The molecule has 0 saturated heterocycles. The quantitative estimate of drug-likeness (QED) is 0.337. The first-order valence-corrected chi connectivity index (χ1v) is 6.02. The molecule has 0 fully saturated rings. The van der Waals surface area contributed by atoms with Crippen LogP contribution in [-0.2, 0) is 0 Å². The average Bonchev–Trinajstić information content (AvgIpc) is 2.30. The summed E-state index contributed by atoms with van der Waals surface area (Å²) in [5, 5.41) is 0.516. The molecule has 1 aromatic heterocycles. The number of hydrogen-bond donors (Lipinski definition) is 0. The number of ether oxygens (including phenoxy) is 1. The highest BCUT2D eigenvalue weighted by Crippen LogP contribution is 2.19. The van der Waals surface area contributed by atoms with Crippen LogP contribution in [0.1, 0.15) is 0 Å². The number of nitrogens with zero attached hydrogens (tertiary/aromatic N) is 4. The van der Waals surface area contributed by atoms with Gasteiger partial charge in [-0.3, -0.25) is 0 Å². The number of pyridine rings is 1. The van der Waals surface area contributed by atoms with Crippen LogP contribution in [-0.4, -0.2) is 62.1 Å². The summed E-state index contributed by atoms with van der Waals surface area (Å²) in [5.74, 6) is 1.34. The van der Waals surface area contributed by atoms with Crippen LogP contribution in [0.3, 0.4) is 0 Å². The van der Waals surface area contributed by atoms with Crippen molar-refractivity contribution >= 4 is 41.5 Å². The van der Waals surface area contributed by atoms with Gasteiger partial charge in [-0.05, 0) is 12.1 Å². The Morgan fingerprint density at radius 2 is 1.95 bits per heavy atom. The molecule has 0 radical (unpaired) electrons. The Balaban J connectivity index is 0.00000324. The molecule has 19 heavy (non-hydrogen) atoms. The van der Waals surface area contributed by atoms with Gasteiger partial charge in [0.2, 0.25) is 5.88 Å². The van der Waals surface area contributed by atoms with Crippen molar-refractivity contribution in [2.45, 2.75) is 0 Å². The van der Waals surface area contributed by atoms with Gasteiger partial charge in [-0.2, -0.15) is 0 Å². The van der Waals surface area contributed by atoms with Gasteiger partial charge in [-0.1, -0.05) is 11.6 Å². The van der Waals surface area contributed by atoms with E-state index < -0.39 is 0 Å². The molecule has 0 spiro atoms. The summed E-state index contributed by atoms with van der Waals surface area (Å²) in [6.45, 7) is 1.00. The van der Waals surface area contributed by atoms with E-state index in [-0.39, 0.29) is 24.0 Å². The minimum atomic E-state index is 0. The second kappa shape index (κ2) is 9.19. The second-order valence-electron chi connectivity index (χ2n) is 4.11. The molecule has 1 heterocycles. The van der Waals surface area contributed by atoms with E-state index in [2.05, 4.69) is 9.98 Å². The summed E-state index contributed by atoms with van der Waals surface area (Å²) < 4.78 is 5.46. The van der Waals surface area contributed by atoms with Crippen LogP contribution in [0.25, 0.3) is 0 Å². The zero-order valence-corrected chi connectivity index (χ0v) is 14.7. The largest absolute Gasteiger partial charge is 0.475 e. The molecule has 0 unspecified atom stereocenters. The van der Waals surface area contributed by atoms with Gasteiger partial charge in [0, 0.05) is 34.4 Å². The molecule has 0 amide bonds. The molecule has 1 rings (SSSR count). The molecule has 7 heteroatoms. The summed E-state index contributed by atoms with van der Waals surface area (Å²) >= 11 is 5.93. The van der Waals surface area contributed by atoms with E-state index in [1.165, 1.54) is 0 Å². The standard InChI is InChI=1S/C12H19ClN4O.HI/c1-16(2)12(17(3)4)15-8-9-18-11-10(13)6-5-7-14-11;/h5-7H,8-9H2,1-4H3;1H. The van der Waals surface area contributed by atoms with E-state index in [9.17, 15) is 0 Å². The number of guanidine groups is 1. The van der Waals surface area contributed by atoms with Gasteiger partial charge >= 0.3 is 0 Å². The smallest absolute Gasteiger partial charge is 0.232 e. The van der Waals surface area contributed by atoms with Gasteiger partial charge in [0.25, 0.3) is 0 Å². The first-order chi connectivity index (χ1) is 8.52. The van der Waals surface area contributed by atoms with Crippen LogP contribution < -0.4 is 4.74 Å². The summed E-state index contributed by atoms with van der Waals surface area (Å²) in [6, 6.07) is 3.52. The summed E-state index contributed by atoms with van der Waals surface area (Å²) in [6.07, 6.45) is 1.65. The summed E-state index contributed by atoms with van der Waals surface area (Å²) in [7, 11) is 7.81. The predicted octanol–water partition coefficient (Wildman–Crippen LogP) is 2.21. The lowest BCUT2D eigenvalue weighted by molar-refractivity contribution is 0.314. The van der Waals surface area contributed by atoms with Crippen LogP contribution in [0, 0.1) is 0 Å². The Morgan fingerprint density at radius 1 is 1.32 bits per heavy atom. The minimum Gasteiger partial charge on any atom is -0.475 e. The van der Waals surface area contributed by atoms with E-state index >= 15 is 0 Å². The molecule has 0 aromatic carbocycles. The molecular formula is C12H20ClIN4O. The van der Waals surface area contributed by atoms with Gasteiger partial charge < -0.3 is 14.5 Å². The maximum Gasteiger partial charge on any atom is 0.232 e. The molecule has 0 aliphatic carbocycles. The van der Waals surface area contributed by atoms with Crippen molar-refractivity contribution in [2.24, 2.45) is 4.99 Å². The molecule has 0 atom stereocenters. The molecule has 0 aliphatic rings. The number of hydrogen-bond acceptors (Lipinski definition) is 3. The lowest BCUT2D eigenvalue weighted by Gasteiger charge is -2.22. The third-order valence-electron chi connectivity index (χ3n) is 2.11. The summed E-state index contributed by atoms with van der Waals surface area (Å²) in [4.78, 5) is 12.4. The van der Waals surface area contributed by atoms with Gasteiger partial charge in [0.15, 0.2) is 5.96 Å². The Bertz CT molecular complexity index is 402. The lowest BCUT2D eigenvalue weighted by Crippen LogP contribution is -2.35. The zero-order valence-electron chi connectivity index (χ0n) is 11.6. The third-order valence-corrected chi connectivity index (χ3v) is 2.40. The van der Waals surface area contributed by atoms with Crippen molar-refractivity contribution in [3.63, 3.8) is 0 Å². The van der Waals surface area contributed by atoms with Crippen LogP contribution >= 0.6 is 35.6 Å². The number of aliphatic imine (C=N–C) groups is 1. The number of rotatable bonds is 4. The fourth-order valence-electron chi connectivity index (χ4n) is 1.45. The molecule has 0 saturated carbocycles. The Labute approximate surface area is 136 Å². The highest BCUT2D eigenvalue weighted by atomic mass is 127. The highest BCUT2D eigenvalue weighted by molar-refractivity contribution is 14.0. The van der Waals surface area contributed by atoms with E-state index in [4.69, 9.17) is 16.3 Å². The normalized spacial score (nSPS) is 9.32. The zero-order chi connectivity index (χ0) is 13.5. The Morgan fingerprint density at radius 3 is 2.47 bits per heavy atom. The molecule has 108 valence electrons. The van der Waals surface area contributed by atoms with Gasteiger partial charge in [0.05, 0.1) is 6.54 Å². The van der Waals surface area contributed by atoms with E-state index in [0.717, 1.165) is 5.96 Å². The monoisotopic (exact) mass is 398 g/mol. The summed E-state index contributed by atoms with van der Waals surface area (Å²) in [5.41, 5.74) is 0. The fraction of sp³-hybridized carbons (Fsp3) is 0.500.